The normalized spacial score (nSPS) is 10.3. The number of aromatic nitrogens is 2. The molecule has 0 fully saturated rings. The second-order valence-electron chi connectivity index (χ2n) is 5.44. The smallest absolute Gasteiger partial charge is 0.229 e. The molecule has 1 aromatic heterocycles. The average Bonchev–Trinajstić information content (AvgIpc) is 2.61. The van der Waals surface area contributed by atoms with E-state index in [9.17, 15) is 0 Å². The quantitative estimate of drug-likeness (QED) is 0.759. The summed E-state index contributed by atoms with van der Waals surface area (Å²) in [6.07, 6.45) is 0. The summed E-state index contributed by atoms with van der Waals surface area (Å²) < 4.78 is 5.25. The zero-order valence-electron chi connectivity index (χ0n) is 14.0. The van der Waals surface area contributed by atoms with Crippen LogP contribution in [0.15, 0.2) is 60.7 Å². The fourth-order valence-corrected chi connectivity index (χ4v) is 2.39. The summed E-state index contributed by atoms with van der Waals surface area (Å²) in [5.41, 5.74) is 2.85. The van der Waals surface area contributed by atoms with Crippen molar-refractivity contribution in [2.24, 2.45) is 0 Å². The Balaban J connectivity index is 1.88. The number of ether oxygens (including phenoxy) is 1. The fraction of sp³-hybridized carbons (Fsp3) is 0.158. The molecule has 1 heterocycles. The van der Waals surface area contributed by atoms with E-state index in [-0.39, 0.29) is 0 Å². The Morgan fingerprint density at radius 2 is 1.75 bits per heavy atom. The molecule has 0 amide bonds. The molecule has 3 rings (SSSR count). The molecule has 0 spiro atoms. The summed E-state index contributed by atoms with van der Waals surface area (Å²) in [5, 5.41) is 3.24. The van der Waals surface area contributed by atoms with Crippen LogP contribution in [-0.2, 0) is 0 Å². The van der Waals surface area contributed by atoms with Gasteiger partial charge >= 0.3 is 0 Å². The van der Waals surface area contributed by atoms with Gasteiger partial charge in [-0.25, -0.2) is 4.98 Å². The highest BCUT2D eigenvalue weighted by atomic mass is 16.5. The molecule has 0 atom stereocenters. The summed E-state index contributed by atoms with van der Waals surface area (Å²) in [5.74, 6) is 2.18. The predicted octanol–water partition coefficient (Wildman–Crippen LogP) is 4.31. The third kappa shape index (κ3) is 3.63. The van der Waals surface area contributed by atoms with E-state index >= 15 is 0 Å². The van der Waals surface area contributed by atoms with Gasteiger partial charge in [-0.15, -0.1) is 0 Å². The molecule has 1 N–H and O–H groups in total. The average molecular weight is 320 g/mol. The molecule has 0 saturated carbocycles. The Bertz CT molecular complexity index is 821. The van der Waals surface area contributed by atoms with E-state index in [1.807, 2.05) is 79.5 Å². The van der Waals surface area contributed by atoms with Gasteiger partial charge in [0.05, 0.1) is 7.11 Å². The molecule has 3 aromatic rings. The van der Waals surface area contributed by atoms with E-state index in [1.165, 1.54) is 0 Å². The number of methoxy groups -OCH3 is 1. The molecule has 0 radical (unpaired) electrons. The van der Waals surface area contributed by atoms with E-state index in [4.69, 9.17) is 4.74 Å². The zero-order chi connectivity index (χ0) is 16.9. The molecule has 2 aromatic carbocycles. The molecular formula is C19H20N4O. The third-order valence-corrected chi connectivity index (χ3v) is 3.65. The molecule has 0 unspecified atom stereocenters. The number of rotatable bonds is 5. The molecule has 0 bridgehead atoms. The molecular weight excluding hydrogens is 300 g/mol. The predicted molar refractivity (Wildman–Crippen MR) is 97.6 cm³/mol. The monoisotopic (exact) mass is 320 g/mol. The third-order valence-electron chi connectivity index (χ3n) is 3.65. The molecule has 0 aliphatic carbocycles. The van der Waals surface area contributed by atoms with Crippen LogP contribution >= 0.6 is 0 Å². The highest BCUT2D eigenvalue weighted by Crippen LogP contribution is 2.24. The van der Waals surface area contributed by atoms with Gasteiger partial charge in [-0.1, -0.05) is 24.3 Å². The van der Waals surface area contributed by atoms with Gasteiger partial charge in [0.2, 0.25) is 5.95 Å². The van der Waals surface area contributed by atoms with E-state index in [0.29, 0.717) is 5.95 Å². The van der Waals surface area contributed by atoms with Crippen LogP contribution in [0.2, 0.25) is 0 Å². The first-order valence-corrected chi connectivity index (χ1v) is 7.71. The van der Waals surface area contributed by atoms with Crippen LogP contribution in [-0.4, -0.2) is 24.1 Å². The molecule has 5 nitrogen and oxygen atoms in total. The summed E-state index contributed by atoms with van der Waals surface area (Å²) in [7, 11) is 3.64. The maximum absolute atomic E-state index is 5.25. The van der Waals surface area contributed by atoms with Crippen molar-refractivity contribution in [3.63, 3.8) is 0 Å². The highest BCUT2D eigenvalue weighted by molar-refractivity contribution is 5.62. The Morgan fingerprint density at radius 3 is 2.50 bits per heavy atom. The number of para-hydroxylation sites is 1. The van der Waals surface area contributed by atoms with E-state index in [1.54, 1.807) is 7.11 Å². The maximum Gasteiger partial charge on any atom is 0.229 e. The van der Waals surface area contributed by atoms with Crippen molar-refractivity contribution in [2.75, 3.05) is 24.4 Å². The molecule has 0 aliphatic rings. The van der Waals surface area contributed by atoms with Crippen molar-refractivity contribution in [3.05, 3.63) is 66.4 Å². The van der Waals surface area contributed by atoms with Crippen molar-refractivity contribution < 1.29 is 4.74 Å². The first-order valence-electron chi connectivity index (χ1n) is 7.71. The first-order chi connectivity index (χ1) is 11.7. The maximum atomic E-state index is 5.25. The Hall–Kier alpha value is -3.08. The fourth-order valence-electron chi connectivity index (χ4n) is 2.39. The summed E-state index contributed by atoms with van der Waals surface area (Å²) in [6.45, 7) is 1.96. The van der Waals surface area contributed by atoms with Gasteiger partial charge in [-0.05, 0) is 31.2 Å². The minimum atomic E-state index is 0.557. The zero-order valence-corrected chi connectivity index (χ0v) is 14.0. The van der Waals surface area contributed by atoms with E-state index in [2.05, 4.69) is 15.3 Å². The van der Waals surface area contributed by atoms with Gasteiger partial charge < -0.3 is 15.0 Å². The number of aryl methyl sites for hydroxylation is 1. The van der Waals surface area contributed by atoms with Crippen molar-refractivity contribution in [1.82, 2.24) is 9.97 Å². The van der Waals surface area contributed by atoms with E-state index < -0.39 is 0 Å². The summed E-state index contributed by atoms with van der Waals surface area (Å²) in [4.78, 5) is 11.1. The standard InChI is InChI=1S/C19H20N4O/c1-14-12-18(23(2)16-9-5-4-6-10-16)22-19(20-14)21-15-8-7-11-17(13-15)24-3/h4-13H,1-3H3,(H,20,21,22). The molecule has 0 aliphatic heterocycles. The lowest BCUT2D eigenvalue weighted by molar-refractivity contribution is 0.415. The minimum Gasteiger partial charge on any atom is -0.497 e. The van der Waals surface area contributed by atoms with Gasteiger partial charge in [0.15, 0.2) is 0 Å². The number of anilines is 4. The molecule has 122 valence electrons. The lowest BCUT2D eigenvalue weighted by atomic mass is 10.3. The van der Waals surface area contributed by atoms with Crippen LogP contribution in [0.5, 0.6) is 5.75 Å². The summed E-state index contributed by atoms with van der Waals surface area (Å²) >= 11 is 0. The van der Waals surface area contributed by atoms with Crippen LogP contribution in [0.3, 0.4) is 0 Å². The number of hydrogen-bond donors (Lipinski definition) is 1. The number of nitrogens with zero attached hydrogens (tertiary/aromatic N) is 3. The first kappa shape index (κ1) is 15.8. The molecule has 0 saturated heterocycles. The minimum absolute atomic E-state index is 0.557. The van der Waals surface area contributed by atoms with Gasteiger partial charge in [0.1, 0.15) is 11.6 Å². The van der Waals surface area contributed by atoms with Crippen LogP contribution in [0.1, 0.15) is 5.69 Å². The highest BCUT2D eigenvalue weighted by Gasteiger charge is 2.09. The second kappa shape index (κ2) is 7.00. The Kier molecular flexibility index (Phi) is 4.61. The van der Waals surface area contributed by atoms with Gasteiger partial charge in [0, 0.05) is 36.2 Å². The number of benzene rings is 2. The SMILES string of the molecule is COc1cccc(Nc2nc(C)cc(N(C)c3ccccc3)n2)c1. The van der Waals surface area contributed by atoms with Crippen LogP contribution < -0.4 is 15.0 Å². The van der Waals surface area contributed by atoms with Gasteiger partial charge in [-0.2, -0.15) is 4.98 Å². The Labute approximate surface area is 142 Å². The van der Waals surface area contributed by atoms with E-state index in [0.717, 1.165) is 28.6 Å². The second-order valence-corrected chi connectivity index (χ2v) is 5.44. The van der Waals surface area contributed by atoms with Crippen molar-refractivity contribution in [2.45, 2.75) is 6.92 Å². The molecule has 5 heteroatoms. The number of nitrogens with one attached hydrogen (secondary N) is 1. The van der Waals surface area contributed by atoms with Crippen molar-refractivity contribution in [3.8, 4) is 5.75 Å². The summed E-state index contributed by atoms with van der Waals surface area (Å²) in [6, 6.07) is 19.8. The van der Waals surface area contributed by atoms with Crippen LogP contribution in [0.25, 0.3) is 0 Å². The van der Waals surface area contributed by atoms with Gasteiger partial charge in [-0.3, -0.25) is 0 Å². The lowest BCUT2D eigenvalue weighted by Crippen LogP contribution is -2.13. The number of hydrogen-bond acceptors (Lipinski definition) is 5. The van der Waals surface area contributed by atoms with Crippen LogP contribution in [0.4, 0.5) is 23.1 Å². The largest absolute Gasteiger partial charge is 0.497 e. The lowest BCUT2D eigenvalue weighted by Gasteiger charge is -2.19. The topological polar surface area (TPSA) is 50.3 Å². The van der Waals surface area contributed by atoms with Gasteiger partial charge in [0.25, 0.3) is 0 Å². The van der Waals surface area contributed by atoms with Crippen molar-refractivity contribution >= 4 is 23.1 Å². The van der Waals surface area contributed by atoms with Crippen molar-refractivity contribution in [1.29, 1.82) is 0 Å². The van der Waals surface area contributed by atoms with Crippen LogP contribution in [0, 0.1) is 6.92 Å². The Morgan fingerprint density at radius 1 is 0.958 bits per heavy atom. The molecule has 24 heavy (non-hydrogen) atoms.